The van der Waals surface area contributed by atoms with Crippen molar-refractivity contribution in [3.05, 3.63) is 0 Å². The van der Waals surface area contributed by atoms with E-state index < -0.39 is 0 Å². The lowest BCUT2D eigenvalue weighted by Gasteiger charge is -2.48. The Morgan fingerprint density at radius 1 is 1.31 bits per heavy atom. The molecule has 1 saturated heterocycles. The monoisotopic (exact) mass is 181 g/mol. The molecule has 76 valence electrons. The van der Waals surface area contributed by atoms with Crippen molar-refractivity contribution < 1.29 is 0 Å². The van der Waals surface area contributed by atoms with Crippen LogP contribution >= 0.6 is 0 Å². The van der Waals surface area contributed by atoms with E-state index in [0.717, 1.165) is 17.3 Å². The summed E-state index contributed by atoms with van der Waals surface area (Å²) in [7, 11) is 0. The molecule has 1 aliphatic carbocycles. The van der Waals surface area contributed by atoms with E-state index >= 15 is 0 Å². The molecule has 1 saturated carbocycles. The van der Waals surface area contributed by atoms with Crippen LogP contribution in [-0.2, 0) is 0 Å². The minimum atomic E-state index is 0.754. The first kappa shape index (κ1) is 9.51. The van der Waals surface area contributed by atoms with Crippen molar-refractivity contribution in [1.82, 2.24) is 5.32 Å². The van der Waals surface area contributed by atoms with Gasteiger partial charge in [0.25, 0.3) is 0 Å². The molecular weight excluding hydrogens is 158 g/mol. The highest BCUT2D eigenvalue weighted by Gasteiger charge is 2.40. The van der Waals surface area contributed by atoms with Gasteiger partial charge in [0, 0.05) is 13.1 Å². The van der Waals surface area contributed by atoms with Crippen LogP contribution in [0.25, 0.3) is 0 Å². The second-order valence-electron chi connectivity index (χ2n) is 5.33. The zero-order chi connectivity index (χ0) is 9.31. The molecule has 0 bridgehead atoms. The zero-order valence-corrected chi connectivity index (χ0v) is 9.10. The van der Waals surface area contributed by atoms with Gasteiger partial charge in [-0.25, -0.2) is 0 Å². The number of nitrogens with one attached hydrogen (secondary N) is 1. The van der Waals surface area contributed by atoms with Crippen LogP contribution in [0.1, 0.15) is 46.0 Å². The normalized spacial score (nSPS) is 30.0. The minimum Gasteiger partial charge on any atom is -0.316 e. The number of hydrogen-bond acceptors (Lipinski definition) is 1. The van der Waals surface area contributed by atoms with Crippen LogP contribution in [0, 0.1) is 17.3 Å². The van der Waals surface area contributed by atoms with Crippen molar-refractivity contribution in [3.8, 4) is 0 Å². The average Bonchev–Trinajstić information content (AvgIpc) is 2.14. The third kappa shape index (κ3) is 1.76. The van der Waals surface area contributed by atoms with Crippen molar-refractivity contribution in [1.29, 1.82) is 0 Å². The van der Waals surface area contributed by atoms with Crippen LogP contribution in [0.2, 0.25) is 0 Å². The summed E-state index contributed by atoms with van der Waals surface area (Å²) >= 11 is 0. The maximum atomic E-state index is 3.43. The van der Waals surface area contributed by atoms with E-state index in [4.69, 9.17) is 0 Å². The van der Waals surface area contributed by atoms with Crippen LogP contribution in [0.4, 0.5) is 0 Å². The highest BCUT2D eigenvalue weighted by atomic mass is 15.0. The van der Waals surface area contributed by atoms with Gasteiger partial charge in [0.2, 0.25) is 0 Å². The van der Waals surface area contributed by atoms with Gasteiger partial charge in [-0.15, -0.1) is 0 Å². The third-order valence-corrected chi connectivity index (χ3v) is 4.54. The van der Waals surface area contributed by atoms with E-state index in [2.05, 4.69) is 19.2 Å². The fourth-order valence-electron chi connectivity index (χ4n) is 2.99. The summed E-state index contributed by atoms with van der Waals surface area (Å²) in [6.45, 7) is 7.38. The Morgan fingerprint density at radius 2 is 1.92 bits per heavy atom. The summed E-state index contributed by atoms with van der Waals surface area (Å²) in [4.78, 5) is 0. The van der Waals surface area contributed by atoms with Crippen LogP contribution in [0.15, 0.2) is 0 Å². The summed E-state index contributed by atoms with van der Waals surface area (Å²) < 4.78 is 0. The third-order valence-electron chi connectivity index (χ3n) is 4.54. The van der Waals surface area contributed by atoms with Crippen molar-refractivity contribution in [3.63, 3.8) is 0 Å². The Balaban J connectivity index is 1.82. The summed E-state index contributed by atoms with van der Waals surface area (Å²) in [6, 6.07) is 0. The first-order valence-electron chi connectivity index (χ1n) is 5.96. The Morgan fingerprint density at radius 3 is 2.31 bits per heavy atom. The van der Waals surface area contributed by atoms with Crippen molar-refractivity contribution in [2.75, 3.05) is 13.1 Å². The minimum absolute atomic E-state index is 0.754. The molecule has 1 heterocycles. The van der Waals surface area contributed by atoms with Crippen molar-refractivity contribution >= 4 is 0 Å². The van der Waals surface area contributed by atoms with Gasteiger partial charge < -0.3 is 5.32 Å². The second-order valence-corrected chi connectivity index (χ2v) is 5.33. The van der Waals surface area contributed by atoms with Gasteiger partial charge >= 0.3 is 0 Å². The molecule has 1 N–H and O–H groups in total. The molecule has 0 aromatic heterocycles. The van der Waals surface area contributed by atoms with Crippen LogP contribution in [-0.4, -0.2) is 13.1 Å². The van der Waals surface area contributed by atoms with Gasteiger partial charge in [0.05, 0.1) is 0 Å². The summed E-state index contributed by atoms with van der Waals surface area (Å²) in [5.41, 5.74) is 0.754. The molecule has 0 radical (unpaired) electrons. The predicted octanol–water partition coefficient (Wildman–Crippen LogP) is 2.81. The molecule has 0 amide bonds. The van der Waals surface area contributed by atoms with Gasteiger partial charge in [-0.1, -0.05) is 20.3 Å². The largest absolute Gasteiger partial charge is 0.316 e. The molecule has 2 fully saturated rings. The molecule has 1 nitrogen and oxygen atoms in total. The molecule has 1 atom stereocenters. The second kappa shape index (κ2) is 3.61. The SMILES string of the molecule is CCC(C)C1CCC2(CC1)CNC2. The highest BCUT2D eigenvalue weighted by molar-refractivity contribution is 4.95. The van der Waals surface area contributed by atoms with E-state index in [0.29, 0.717) is 0 Å². The van der Waals surface area contributed by atoms with Gasteiger partial charge in [-0.05, 0) is 42.9 Å². The fraction of sp³-hybridized carbons (Fsp3) is 1.00. The van der Waals surface area contributed by atoms with E-state index in [1.54, 1.807) is 0 Å². The van der Waals surface area contributed by atoms with Crippen LogP contribution < -0.4 is 5.32 Å². The smallest absolute Gasteiger partial charge is 0.00202 e. The molecule has 1 unspecified atom stereocenters. The Kier molecular flexibility index (Phi) is 2.64. The van der Waals surface area contributed by atoms with Crippen LogP contribution in [0.5, 0.6) is 0 Å². The van der Waals surface area contributed by atoms with Crippen LogP contribution in [0.3, 0.4) is 0 Å². The summed E-state index contributed by atoms with van der Waals surface area (Å²) in [5.74, 6) is 2.00. The van der Waals surface area contributed by atoms with Gasteiger partial charge in [0.15, 0.2) is 0 Å². The molecule has 1 spiro atoms. The number of rotatable bonds is 2. The standard InChI is InChI=1S/C12H23N/c1-3-10(2)11-4-6-12(7-5-11)8-13-9-12/h10-11,13H,3-9H2,1-2H3. The average molecular weight is 181 g/mol. The zero-order valence-electron chi connectivity index (χ0n) is 9.10. The molecular formula is C12H23N. The Bertz CT molecular complexity index is 162. The summed E-state index contributed by atoms with van der Waals surface area (Å²) in [5, 5.41) is 3.43. The molecule has 1 aliphatic heterocycles. The lowest BCUT2D eigenvalue weighted by atomic mass is 9.64. The lowest BCUT2D eigenvalue weighted by molar-refractivity contribution is 0.0658. The Labute approximate surface area is 82.3 Å². The lowest BCUT2D eigenvalue weighted by Crippen LogP contribution is -2.55. The van der Waals surface area contributed by atoms with E-state index in [1.807, 2.05) is 0 Å². The molecule has 2 rings (SSSR count). The number of hydrogen-bond donors (Lipinski definition) is 1. The van der Waals surface area contributed by atoms with Gasteiger partial charge in [0.1, 0.15) is 0 Å². The van der Waals surface area contributed by atoms with E-state index in [9.17, 15) is 0 Å². The quantitative estimate of drug-likeness (QED) is 0.690. The first-order valence-corrected chi connectivity index (χ1v) is 5.96. The van der Waals surface area contributed by atoms with Crippen molar-refractivity contribution in [2.24, 2.45) is 17.3 Å². The van der Waals surface area contributed by atoms with Gasteiger partial charge in [-0.3, -0.25) is 0 Å². The van der Waals surface area contributed by atoms with Gasteiger partial charge in [-0.2, -0.15) is 0 Å². The maximum absolute atomic E-state index is 3.43. The fourth-order valence-corrected chi connectivity index (χ4v) is 2.99. The topological polar surface area (TPSA) is 12.0 Å². The maximum Gasteiger partial charge on any atom is 0.00202 e. The van der Waals surface area contributed by atoms with Crippen molar-refractivity contribution in [2.45, 2.75) is 46.0 Å². The first-order chi connectivity index (χ1) is 6.26. The molecule has 13 heavy (non-hydrogen) atoms. The molecule has 0 aromatic rings. The highest BCUT2D eigenvalue weighted by Crippen LogP contribution is 2.44. The molecule has 2 aliphatic rings. The Hall–Kier alpha value is -0.0400. The molecule has 1 heteroatoms. The predicted molar refractivity (Wildman–Crippen MR) is 56.7 cm³/mol. The van der Waals surface area contributed by atoms with E-state index in [1.165, 1.54) is 45.2 Å². The summed E-state index contributed by atoms with van der Waals surface area (Å²) in [6.07, 6.45) is 7.35. The molecule has 0 aromatic carbocycles. The van der Waals surface area contributed by atoms with E-state index in [-0.39, 0.29) is 0 Å².